The molecule has 7 nitrogen and oxygen atoms in total. The van der Waals surface area contributed by atoms with Crippen LogP contribution < -0.4 is 19.7 Å². The molecule has 1 aliphatic heterocycles. The lowest BCUT2D eigenvalue weighted by atomic mass is 10.1. The summed E-state index contributed by atoms with van der Waals surface area (Å²) in [6, 6.07) is 7.75. The molecule has 32 heavy (non-hydrogen) atoms. The Kier molecular flexibility index (Phi) is 7.36. The summed E-state index contributed by atoms with van der Waals surface area (Å²) in [5.41, 5.74) is 1.07. The van der Waals surface area contributed by atoms with E-state index in [0.717, 1.165) is 39.8 Å². The minimum Gasteiger partial charge on any atom is -0.493 e. The smallest absolute Gasteiger partial charge is 0.261 e. The first-order valence-corrected chi connectivity index (χ1v) is 12.8. The zero-order valence-electron chi connectivity index (χ0n) is 18.6. The Hall–Kier alpha value is -2.52. The van der Waals surface area contributed by atoms with Crippen molar-refractivity contribution >= 4 is 45.0 Å². The first-order chi connectivity index (χ1) is 15.6. The van der Waals surface area contributed by atoms with Gasteiger partial charge in [0, 0.05) is 19.6 Å². The lowest BCUT2D eigenvalue weighted by molar-refractivity contribution is 0.0958. The van der Waals surface area contributed by atoms with E-state index in [2.05, 4.69) is 15.2 Å². The van der Waals surface area contributed by atoms with Crippen LogP contribution in [0.1, 0.15) is 34.5 Å². The molecule has 170 valence electrons. The van der Waals surface area contributed by atoms with Crippen molar-refractivity contribution in [2.75, 3.05) is 45.0 Å². The van der Waals surface area contributed by atoms with E-state index in [-0.39, 0.29) is 5.91 Å². The summed E-state index contributed by atoms with van der Waals surface area (Å²) < 4.78 is 10.6. The number of amides is 1. The van der Waals surface area contributed by atoms with Gasteiger partial charge < -0.3 is 19.7 Å². The molecule has 3 aromatic rings. The van der Waals surface area contributed by atoms with Gasteiger partial charge >= 0.3 is 0 Å². The number of methoxy groups -OCH3 is 2. The molecule has 2 aromatic heterocycles. The number of ether oxygens (including phenoxy) is 2. The number of aromatic nitrogens is 2. The number of thioether (sulfide) groups is 1. The highest BCUT2D eigenvalue weighted by atomic mass is 32.2. The predicted octanol–water partition coefficient (Wildman–Crippen LogP) is 4.39. The Morgan fingerprint density at radius 2 is 1.91 bits per heavy atom. The fraction of sp³-hybridized carbons (Fsp3) is 0.435. The van der Waals surface area contributed by atoms with E-state index >= 15 is 0 Å². The van der Waals surface area contributed by atoms with E-state index < -0.39 is 0 Å². The molecule has 9 heteroatoms. The summed E-state index contributed by atoms with van der Waals surface area (Å²) in [7, 11) is 3.24. The Balaban J connectivity index is 1.48. The van der Waals surface area contributed by atoms with Gasteiger partial charge in [-0.2, -0.15) is 0 Å². The monoisotopic (exact) mass is 472 g/mol. The van der Waals surface area contributed by atoms with Crippen molar-refractivity contribution in [3.05, 3.63) is 34.7 Å². The van der Waals surface area contributed by atoms with Crippen LogP contribution in [0.3, 0.4) is 0 Å². The van der Waals surface area contributed by atoms with Crippen molar-refractivity contribution in [3.8, 4) is 11.5 Å². The second-order valence-electron chi connectivity index (χ2n) is 7.61. The maximum atomic E-state index is 12.9. The maximum Gasteiger partial charge on any atom is 0.261 e. The van der Waals surface area contributed by atoms with Crippen LogP contribution in [0, 0.1) is 0 Å². The molecule has 1 aliphatic rings. The van der Waals surface area contributed by atoms with Crippen LogP contribution >= 0.6 is 23.1 Å². The summed E-state index contributed by atoms with van der Waals surface area (Å²) in [4.78, 5) is 26.2. The number of nitrogens with one attached hydrogen (secondary N) is 1. The van der Waals surface area contributed by atoms with Gasteiger partial charge in [0.25, 0.3) is 5.91 Å². The second-order valence-corrected chi connectivity index (χ2v) is 9.41. The summed E-state index contributed by atoms with van der Waals surface area (Å²) in [6.45, 7) is 2.54. The number of fused-ring (bicyclic) bond motifs is 1. The minimum atomic E-state index is -0.0798. The van der Waals surface area contributed by atoms with E-state index in [4.69, 9.17) is 14.5 Å². The predicted molar refractivity (Wildman–Crippen MR) is 131 cm³/mol. The van der Waals surface area contributed by atoms with Crippen molar-refractivity contribution in [2.45, 2.75) is 30.8 Å². The molecule has 4 rings (SSSR count). The summed E-state index contributed by atoms with van der Waals surface area (Å²) >= 11 is 2.97. The van der Waals surface area contributed by atoms with Crippen molar-refractivity contribution in [3.63, 3.8) is 0 Å². The van der Waals surface area contributed by atoms with E-state index in [1.807, 2.05) is 30.5 Å². The number of hydrogen-bond donors (Lipinski definition) is 1. The molecule has 3 heterocycles. The van der Waals surface area contributed by atoms with Gasteiger partial charge in [0.15, 0.2) is 16.7 Å². The van der Waals surface area contributed by atoms with E-state index in [0.29, 0.717) is 29.3 Å². The molecule has 0 spiro atoms. The lowest BCUT2D eigenvalue weighted by Crippen LogP contribution is -2.30. The maximum absolute atomic E-state index is 12.9. The minimum absolute atomic E-state index is 0.0798. The third-order valence-electron chi connectivity index (χ3n) is 5.56. The molecule has 1 fully saturated rings. The van der Waals surface area contributed by atoms with Gasteiger partial charge in [0.2, 0.25) is 0 Å². The average molecular weight is 473 g/mol. The topological polar surface area (TPSA) is 76.6 Å². The lowest BCUT2D eigenvalue weighted by Gasteiger charge is -2.28. The van der Waals surface area contributed by atoms with Gasteiger partial charge in [-0.25, -0.2) is 9.97 Å². The van der Waals surface area contributed by atoms with E-state index in [1.54, 1.807) is 14.2 Å². The molecule has 1 aromatic carbocycles. The molecule has 0 unspecified atom stereocenters. The van der Waals surface area contributed by atoms with Gasteiger partial charge in [0.05, 0.1) is 24.5 Å². The zero-order chi connectivity index (χ0) is 22.5. The first kappa shape index (κ1) is 22.7. The molecule has 0 bridgehead atoms. The number of piperidine rings is 1. The normalized spacial score (nSPS) is 13.9. The molecular formula is C23H28N4O3S2. The summed E-state index contributed by atoms with van der Waals surface area (Å²) in [5, 5.41) is 4.76. The van der Waals surface area contributed by atoms with Crippen LogP contribution in [-0.4, -0.2) is 56.0 Å². The highest BCUT2D eigenvalue weighted by Gasteiger charge is 2.20. The summed E-state index contributed by atoms with van der Waals surface area (Å²) in [5.74, 6) is 2.26. The average Bonchev–Trinajstić information content (AvgIpc) is 3.28. The molecule has 0 radical (unpaired) electrons. The standard InChI is InChI=1S/C23H28N4O3S2/c1-29-17-8-7-15(13-18(17)30-2)9-10-24-21(28)19-14-16-20(27-11-5-4-6-12-27)25-23(31-3)26-22(16)32-19/h7-8,13-14H,4-6,9-12H2,1-3H3,(H,24,28). The van der Waals surface area contributed by atoms with Crippen LogP contribution in [0.25, 0.3) is 10.2 Å². The van der Waals surface area contributed by atoms with Gasteiger partial charge in [-0.3, -0.25) is 4.79 Å². The number of thiophene rings is 1. The van der Waals surface area contributed by atoms with Crippen LogP contribution in [0.2, 0.25) is 0 Å². The molecule has 1 saturated heterocycles. The van der Waals surface area contributed by atoms with E-state index in [1.165, 1.54) is 42.4 Å². The molecule has 1 N–H and O–H groups in total. The SMILES string of the molecule is COc1ccc(CCNC(=O)c2cc3c(N4CCCCC4)nc(SC)nc3s2)cc1OC. The van der Waals surface area contributed by atoms with Crippen molar-refractivity contribution in [1.82, 2.24) is 15.3 Å². The number of nitrogens with zero attached hydrogens (tertiary/aromatic N) is 3. The fourth-order valence-electron chi connectivity index (χ4n) is 3.88. The van der Waals surface area contributed by atoms with Crippen molar-refractivity contribution in [2.24, 2.45) is 0 Å². The van der Waals surface area contributed by atoms with Gasteiger partial charge in [-0.1, -0.05) is 17.8 Å². The highest BCUT2D eigenvalue weighted by Crippen LogP contribution is 2.34. The Labute approximate surface area is 196 Å². The third-order valence-corrected chi connectivity index (χ3v) is 7.14. The largest absolute Gasteiger partial charge is 0.493 e. The van der Waals surface area contributed by atoms with Gasteiger partial charge in [0.1, 0.15) is 10.6 Å². The molecule has 0 aliphatic carbocycles. The quantitative estimate of drug-likeness (QED) is 0.385. The number of benzene rings is 1. The third kappa shape index (κ3) is 4.94. The Morgan fingerprint density at radius 3 is 2.62 bits per heavy atom. The van der Waals surface area contributed by atoms with Crippen molar-refractivity contribution in [1.29, 1.82) is 0 Å². The second kappa shape index (κ2) is 10.4. The highest BCUT2D eigenvalue weighted by molar-refractivity contribution is 7.98. The molecular weight excluding hydrogens is 444 g/mol. The Bertz CT molecular complexity index is 1100. The number of carbonyl (C=O) groups excluding carboxylic acids is 1. The van der Waals surface area contributed by atoms with Crippen molar-refractivity contribution < 1.29 is 14.3 Å². The number of hydrogen-bond acceptors (Lipinski definition) is 8. The van der Waals surface area contributed by atoms with E-state index in [9.17, 15) is 4.79 Å². The number of rotatable bonds is 8. The number of anilines is 1. The van der Waals surface area contributed by atoms with Crippen LogP contribution in [0.5, 0.6) is 11.5 Å². The van der Waals surface area contributed by atoms with Crippen LogP contribution in [0.4, 0.5) is 5.82 Å². The van der Waals surface area contributed by atoms with Crippen LogP contribution in [0.15, 0.2) is 29.4 Å². The Morgan fingerprint density at radius 1 is 1.12 bits per heavy atom. The number of carbonyl (C=O) groups is 1. The molecule has 0 atom stereocenters. The molecule has 1 amide bonds. The van der Waals surface area contributed by atoms with Gasteiger partial charge in [-0.15, -0.1) is 11.3 Å². The summed E-state index contributed by atoms with van der Waals surface area (Å²) in [6.07, 6.45) is 6.29. The first-order valence-electron chi connectivity index (χ1n) is 10.7. The van der Waals surface area contributed by atoms with Crippen LogP contribution in [-0.2, 0) is 6.42 Å². The molecule has 0 saturated carbocycles. The fourth-order valence-corrected chi connectivity index (χ4v) is 5.24. The van der Waals surface area contributed by atoms with Gasteiger partial charge in [-0.05, 0) is 55.7 Å². The zero-order valence-corrected chi connectivity index (χ0v) is 20.3.